The number of ketones is 1. The highest BCUT2D eigenvalue weighted by atomic mass is 16.1. The Morgan fingerprint density at radius 2 is 2.00 bits per heavy atom. The first-order valence-corrected chi connectivity index (χ1v) is 5.52. The van der Waals surface area contributed by atoms with Crippen molar-refractivity contribution in [2.24, 2.45) is 5.92 Å². The average molecular weight is 181 g/mol. The summed E-state index contributed by atoms with van der Waals surface area (Å²) in [6.07, 6.45) is 6.99. The summed E-state index contributed by atoms with van der Waals surface area (Å²) >= 11 is 0. The van der Waals surface area contributed by atoms with Crippen LogP contribution in [0.15, 0.2) is 0 Å². The van der Waals surface area contributed by atoms with Gasteiger partial charge in [0, 0.05) is 5.92 Å². The Morgan fingerprint density at radius 3 is 2.54 bits per heavy atom. The normalized spacial score (nSPS) is 35.5. The second-order valence-electron chi connectivity index (χ2n) is 4.71. The maximum Gasteiger partial charge on any atom is 0.155 e. The van der Waals surface area contributed by atoms with Gasteiger partial charge < -0.3 is 5.32 Å². The maximum absolute atomic E-state index is 12.1. The molecule has 13 heavy (non-hydrogen) atoms. The summed E-state index contributed by atoms with van der Waals surface area (Å²) in [6, 6.07) is 0. The smallest absolute Gasteiger partial charge is 0.155 e. The lowest BCUT2D eigenvalue weighted by Gasteiger charge is -2.25. The van der Waals surface area contributed by atoms with Gasteiger partial charge in [0.15, 0.2) is 5.78 Å². The van der Waals surface area contributed by atoms with E-state index in [4.69, 9.17) is 0 Å². The average Bonchev–Trinajstić information content (AvgIpc) is 2.73. The van der Waals surface area contributed by atoms with Crippen molar-refractivity contribution in [1.82, 2.24) is 5.32 Å². The lowest BCUT2D eigenvalue weighted by molar-refractivity contribution is -0.128. The van der Waals surface area contributed by atoms with E-state index in [1.165, 1.54) is 12.8 Å². The first-order valence-electron chi connectivity index (χ1n) is 5.52. The molecular formula is C11H19NO. The van der Waals surface area contributed by atoms with Crippen LogP contribution in [0, 0.1) is 5.92 Å². The first kappa shape index (κ1) is 9.20. The van der Waals surface area contributed by atoms with E-state index in [1.807, 2.05) is 0 Å². The highest BCUT2D eigenvalue weighted by Gasteiger charge is 2.40. The Kier molecular flexibility index (Phi) is 2.41. The molecule has 1 atom stereocenters. The molecular weight excluding hydrogens is 162 g/mol. The van der Waals surface area contributed by atoms with E-state index in [-0.39, 0.29) is 5.54 Å². The monoisotopic (exact) mass is 181 g/mol. The SMILES string of the molecule is CC1(C(=O)C2CCCC2)CCCN1. The van der Waals surface area contributed by atoms with Crippen LogP contribution in [-0.2, 0) is 4.79 Å². The largest absolute Gasteiger partial charge is 0.305 e. The summed E-state index contributed by atoms with van der Waals surface area (Å²) in [5, 5.41) is 3.36. The molecule has 1 N–H and O–H groups in total. The minimum absolute atomic E-state index is 0.172. The molecule has 0 spiro atoms. The zero-order valence-corrected chi connectivity index (χ0v) is 8.44. The Labute approximate surface area is 80.1 Å². The molecule has 2 aliphatic rings. The predicted octanol–water partition coefficient (Wildman–Crippen LogP) is 1.89. The van der Waals surface area contributed by atoms with Gasteiger partial charge >= 0.3 is 0 Å². The Morgan fingerprint density at radius 1 is 1.31 bits per heavy atom. The number of nitrogens with one attached hydrogen (secondary N) is 1. The van der Waals surface area contributed by atoms with Crippen LogP contribution in [-0.4, -0.2) is 17.9 Å². The fraction of sp³-hybridized carbons (Fsp3) is 0.909. The molecule has 1 saturated carbocycles. The molecule has 0 amide bonds. The zero-order chi connectivity index (χ0) is 9.31. The van der Waals surface area contributed by atoms with Crippen molar-refractivity contribution in [3.05, 3.63) is 0 Å². The van der Waals surface area contributed by atoms with Crippen LogP contribution in [0.3, 0.4) is 0 Å². The third-order valence-corrected chi connectivity index (χ3v) is 3.64. The van der Waals surface area contributed by atoms with Crippen molar-refractivity contribution in [3.8, 4) is 0 Å². The number of hydrogen-bond acceptors (Lipinski definition) is 2. The quantitative estimate of drug-likeness (QED) is 0.705. The third-order valence-electron chi connectivity index (χ3n) is 3.64. The number of Topliss-reactive ketones (excluding diaryl/α,β-unsaturated/α-hetero) is 1. The fourth-order valence-corrected chi connectivity index (χ4v) is 2.74. The standard InChI is InChI=1S/C11H19NO/c1-11(7-4-8-12-11)10(13)9-5-2-3-6-9/h9,12H,2-8H2,1H3. The predicted molar refractivity (Wildman–Crippen MR) is 52.6 cm³/mol. The van der Waals surface area contributed by atoms with Crippen molar-refractivity contribution >= 4 is 5.78 Å². The van der Waals surface area contributed by atoms with Crippen molar-refractivity contribution in [2.75, 3.05) is 6.54 Å². The molecule has 0 radical (unpaired) electrons. The van der Waals surface area contributed by atoms with Gasteiger partial charge in [-0.1, -0.05) is 12.8 Å². The summed E-state index contributed by atoms with van der Waals surface area (Å²) in [6.45, 7) is 3.11. The second kappa shape index (κ2) is 3.41. The van der Waals surface area contributed by atoms with Crippen LogP contribution >= 0.6 is 0 Å². The number of carbonyl (C=O) groups is 1. The summed E-state index contributed by atoms with van der Waals surface area (Å²) in [5.41, 5.74) is -0.172. The van der Waals surface area contributed by atoms with E-state index in [0.717, 1.165) is 32.2 Å². The summed E-state index contributed by atoms with van der Waals surface area (Å²) in [4.78, 5) is 12.1. The second-order valence-corrected chi connectivity index (χ2v) is 4.71. The Balaban J connectivity index is 2.02. The van der Waals surface area contributed by atoms with Gasteiger partial charge in [0.05, 0.1) is 5.54 Å². The van der Waals surface area contributed by atoms with Crippen LogP contribution in [0.1, 0.15) is 45.4 Å². The molecule has 2 heteroatoms. The van der Waals surface area contributed by atoms with Gasteiger partial charge in [-0.25, -0.2) is 0 Å². The van der Waals surface area contributed by atoms with Crippen LogP contribution in [0.4, 0.5) is 0 Å². The molecule has 0 aromatic rings. The maximum atomic E-state index is 12.1. The number of hydrogen-bond donors (Lipinski definition) is 1. The summed E-state index contributed by atoms with van der Waals surface area (Å²) < 4.78 is 0. The minimum atomic E-state index is -0.172. The first-order chi connectivity index (χ1) is 6.22. The highest BCUT2D eigenvalue weighted by molar-refractivity contribution is 5.90. The molecule has 1 saturated heterocycles. The molecule has 0 aromatic heterocycles. The van der Waals surface area contributed by atoms with Gasteiger partial charge in [0.2, 0.25) is 0 Å². The van der Waals surface area contributed by atoms with Gasteiger partial charge in [-0.05, 0) is 39.2 Å². The van der Waals surface area contributed by atoms with E-state index in [1.54, 1.807) is 0 Å². The third kappa shape index (κ3) is 1.64. The zero-order valence-electron chi connectivity index (χ0n) is 8.44. The molecule has 74 valence electrons. The van der Waals surface area contributed by atoms with Crippen LogP contribution < -0.4 is 5.32 Å². The van der Waals surface area contributed by atoms with Crippen molar-refractivity contribution in [2.45, 2.75) is 51.0 Å². The molecule has 2 nitrogen and oxygen atoms in total. The lowest BCUT2D eigenvalue weighted by Crippen LogP contribution is -2.47. The molecule has 0 aromatic carbocycles. The van der Waals surface area contributed by atoms with Gasteiger partial charge in [-0.15, -0.1) is 0 Å². The molecule has 0 bridgehead atoms. The Hall–Kier alpha value is -0.370. The van der Waals surface area contributed by atoms with E-state index < -0.39 is 0 Å². The molecule has 1 unspecified atom stereocenters. The molecule has 2 fully saturated rings. The van der Waals surface area contributed by atoms with E-state index in [2.05, 4.69) is 12.2 Å². The van der Waals surface area contributed by atoms with Crippen molar-refractivity contribution in [3.63, 3.8) is 0 Å². The fourth-order valence-electron chi connectivity index (χ4n) is 2.74. The van der Waals surface area contributed by atoms with Crippen molar-refractivity contribution < 1.29 is 4.79 Å². The van der Waals surface area contributed by atoms with E-state index in [0.29, 0.717) is 11.7 Å². The summed E-state index contributed by atoms with van der Waals surface area (Å²) in [5.74, 6) is 0.859. The van der Waals surface area contributed by atoms with Gasteiger partial charge in [-0.3, -0.25) is 4.79 Å². The van der Waals surface area contributed by atoms with Gasteiger partial charge in [-0.2, -0.15) is 0 Å². The topological polar surface area (TPSA) is 29.1 Å². The van der Waals surface area contributed by atoms with E-state index in [9.17, 15) is 4.79 Å². The van der Waals surface area contributed by atoms with Crippen LogP contribution in [0.5, 0.6) is 0 Å². The highest BCUT2D eigenvalue weighted by Crippen LogP contribution is 2.32. The minimum Gasteiger partial charge on any atom is -0.305 e. The number of rotatable bonds is 2. The Bertz CT molecular complexity index is 200. The molecule has 1 aliphatic heterocycles. The van der Waals surface area contributed by atoms with Crippen LogP contribution in [0.25, 0.3) is 0 Å². The lowest BCUT2D eigenvalue weighted by atomic mass is 9.85. The van der Waals surface area contributed by atoms with Crippen LogP contribution in [0.2, 0.25) is 0 Å². The van der Waals surface area contributed by atoms with Gasteiger partial charge in [0.25, 0.3) is 0 Å². The molecule has 2 rings (SSSR count). The van der Waals surface area contributed by atoms with Crippen molar-refractivity contribution in [1.29, 1.82) is 0 Å². The molecule has 1 heterocycles. The molecule has 1 aliphatic carbocycles. The van der Waals surface area contributed by atoms with E-state index >= 15 is 0 Å². The van der Waals surface area contributed by atoms with Gasteiger partial charge in [0.1, 0.15) is 0 Å². The number of carbonyl (C=O) groups excluding carboxylic acids is 1. The summed E-state index contributed by atoms with van der Waals surface area (Å²) in [7, 11) is 0.